The van der Waals surface area contributed by atoms with E-state index in [0.29, 0.717) is 0 Å². The summed E-state index contributed by atoms with van der Waals surface area (Å²) in [6.45, 7) is 2.24. The number of benzene rings is 2. The number of aryl methyl sites for hydroxylation is 1. The molecule has 0 N–H and O–H groups in total. The van der Waals surface area contributed by atoms with Crippen LogP contribution in [0.3, 0.4) is 0 Å². The predicted molar refractivity (Wildman–Crippen MR) is 78.2 cm³/mol. The maximum atomic E-state index is 3.64. The summed E-state index contributed by atoms with van der Waals surface area (Å²) in [6, 6.07) is 17.1. The van der Waals surface area contributed by atoms with Crippen LogP contribution >= 0.6 is 15.9 Å². The molecule has 1 heteroatoms. The fourth-order valence-corrected chi connectivity index (χ4v) is 2.55. The SMILES string of the molecule is CCCCc1ccccc1-c1ccccc1Br. The first-order valence-corrected chi connectivity index (χ1v) is 6.95. The molecule has 0 aliphatic rings. The first-order chi connectivity index (χ1) is 8.33. The van der Waals surface area contributed by atoms with Gasteiger partial charge >= 0.3 is 0 Å². The molecule has 17 heavy (non-hydrogen) atoms. The van der Waals surface area contributed by atoms with Crippen LogP contribution in [-0.2, 0) is 6.42 Å². The van der Waals surface area contributed by atoms with Crippen LogP contribution in [0.4, 0.5) is 0 Å². The van der Waals surface area contributed by atoms with Gasteiger partial charge in [-0.05, 0) is 35.6 Å². The largest absolute Gasteiger partial charge is 0.0654 e. The summed E-state index contributed by atoms with van der Waals surface area (Å²) in [5, 5.41) is 0. The lowest BCUT2D eigenvalue weighted by atomic mass is 9.96. The summed E-state index contributed by atoms with van der Waals surface area (Å²) in [4.78, 5) is 0. The molecule has 88 valence electrons. The third-order valence-corrected chi connectivity index (χ3v) is 3.67. The van der Waals surface area contributed by atoms with Crippen molar-refractivity contribution in [2.45, 2.75) is 26.2 Å². The first kappa shape index (κ1) is 12.4. The molecule has 0 radical (unpaired) electrons. The Kier molecular flexibility index (Phi) is 4.38. The van der Waals surface area contributed by atoms with E-state index in [1.165, 1.54) is 34.0 Å². The van der Waals surface area contributed by atoms with Gasteiger partial charge in [-0.1, -0.05) is 71.7 Å². The Balaban J connectivity index is 2.41. The lowest BCUT2D eigenvalue weighted by Gasteiger charge is -2.10. The van der Waals surface area contributed by atoms with Gasteiger partial charge < -0.3 is 0 Å². The second-order valence-corrected chi connectivity index (χ2v) is 5.09. The van der Waals surface area contributed by atoms with E-state index in [4.69, 9.17) is 0 Å². The van der Waals surface area contributed by atoms with Gasteiger partial charge in [0.25, 0.3) is 0 Å². The van der Waals surface area contributed by atoms with Gasteiger partial charge in [0, 0.05) is 4.47 Å². The number of rotatable bonds is 4. The summed E-state index contributed by atoms with van der Waals surface area (Å²) in [5.74, 6) is 0. The van der Waals surface area contributed by atoms with E-state index in [-0.39, 0.29) is 0 Å². The van der Waals surface area contributed by atoms with Crippen molar-refractivity contribution in [1.82, 2.24) is 0 Å². The molecular formula is C16H17Br. The van der Waals surface area contributed by atoms with Crippen molar-refractivity contribution >= 4 is 15.9 Å². The molecule has 0 bridgehead atoms. The van der Waals surface area contributed by atoms with Crippen LogP contribution in [0.1, 0.15) is 25.3 Å². The van der Waals surface area contributed by atoms with Crippen LogP contribution < -0.4 is 0 Å². The van der Waals surface area contributed by atoms with Crippen LogP contribution in [-0.4, -0.2) is 0 Å². The Bertz CT molecular complexity index is 488. The second kappa shape index (κ2) is 6.02. The molecular weight excluding hydrogens is 272 g/mol. The maximum Gasteiger partial charge on any atom is 0.0253 e. The fourth-order valence-electron chi connectivity index (χ4n) is 2.05. The molecule has 2 aromatic rings. The first-order valence-electron chi connectivity index (χ1n) is 6.15. The van der Waals surface area contributed by atoms with Gasteiger partial charge in [0.2, 0.25) is 0 Å². The smallest absolute Gasteiger partial charge is 0.0253 e. The van der Waals surface area contributed by atoms with E-state index in [1.807, 2.05) is 0 Å². The zero-order valence-electron chi connectivity index (χ0n) is 10.1. The normalized spacial score (nSPS) is 10.5. The Morgan fingerprint density at radius 1 is 0.882 bits per heavy atom. The summed E-state index contributed by atoms with van der Waals surface area (Å²) in [5.41, 5.74) is 4.09. The molecule has 0 amide bonds. The highest BCUT2D eigenvalue weighted by atomic mass is 79.9. The molecule has 2 aromatic carbocycles. The van der Waals surface area contributed by atoms with Gasteiger partial charge in [-0.2, -0.15) is 0 Å². The minimum absolute atomic E-state index is 1.16. The van der Waals surface area contributed by atoms with Crippen LogP contribution in [0, 0.1) is 0 Å². The van der Waals surface area contributed by atoms with Crippen molar-refractivity contribution in [3.8, 4) is 11.1 Å². The van der Waals surface area contributed by atoms with E-state index in [1.54, 1.807) is 0 Å². The highest BCUT2D eigenvalue weighted by molar-refractivity contribution is 9.10. The van der Waals surface area contributed by atoms with Crippen LogP contribution in [0.25, 0.3) is 11.1 Å². The quantitative estimate of drug-likeness (QED) is 0.701. The van der Waals surface area contributed by atoms with Crippen molar-refractivity contribution in [2.24, 2.45) is 0 Å². The Hall–Kier alpha value is -1.08. The molecule has 0 fully saturated rings. The zero-order valence-corrected chi connectivity index (χ0v) is 11.7. The van der Waals surface area contributed by atoms with Crippen molar-refractivity contribution in [3.05, 3.63) is 58.6 Å². The molecule has 0 atom stereocenters. The van der Waals surface area contributed by atoms with Crippen LogP contribution in [0.2, 0.25) is 0 Å². The predicted octanol–water partition coefficient (Wildman–Crippen LogP) is 5.46. The monoisotopic (exact) mass is 288 g/mol. The average Bonchev–Trinajstić information content (AvgIpc) is 2.37. The van der Waals surface area contributed by atoms with E-state index in [0.717, 1.165) is 6.42 Å². The Morgan fingerprint density at radius 3 is 2.24 bits per heavy atom. The van der Waals surface area contributed by atoms with E-state index < -0.39 is 0 Å². The standard InChI is InChI=1S/C16H17Br/c1-2-3-8-13-9-4-5-10-14(13)15-11-6-7-12-16(15)17/h4-7,9-12H,2-3,8H2,1H3. The van der Waals surface area contributed by atoms with E-state index in [9.17, 15) is 0 Å². The minimum atomic E-state index is 1.16. The zero-order chi connectivity index (χ0) is 12.1. The van der Waals surface area contributed by atoms with Gasteiger partial charge in [-0.15, -0.1) is 0 Å². The van der Waals surface area contributed by atoms with Gasteiger partial charge in [0.1, 0.15) is 0 Å². The van der Waals surface area contributed by atoms with E-state index in [2.05, 4.69) is 71.4 Å². The Labute approximate surface area is 112 Å². The van der Waals surface area contributed by atoms with Gasteiger partial charge in [0.15, 0.2) is 0 Å². The topological polar surface area (TPSA) is 0 Å². The third kappa shape index (κ3) is 2.98. The van der Waals surface area contributed by atoms with Gasteiger partial charge in [0.05, 0.1) is 0 Å². The lowest BCUT2D eigenvalue weighted by Crippen LogP contribution is -1.90. The van der Waals surface area contributed by atoms with Gasteiger partial charge in [-0.3, -0.25) is 0 Å². The summed E-state index contributed by atoms with van der Waals surface area (Å²) in [7, 11) is 0. The van der Waals surface area contributed by atoms with E-state index >= 15 is 0 Å². The van der Waals surface area contributed by atoms with Crippen LogP contribution in [0.5, 0.6) is 0 Å². The minimum Gasteiger partial charge on any atom is -0.0654 e. The fraction of sp³-hybridized carbons (Fsp3) is 0.250. The number of hydrogen-bond donors (Lipinski definition) is 0. The number of unbranched alkanes of at least 4 members (excludes halogenated alkanes) is 1. The maximum absolute atomic E-state index is 3.64. The molecule has 0 heterocycles. The summed E-state index contributed by atoms with van der Waals surface area (Å²) in [6.07, 6.45) is 3.65. The lowest BCUT2D eigenvalue weighted by molar-refractivity contribution is 0.796. The third-order valence-electron chi connectivity index (χ3n) is 2.98. The van der Waals surface area contributed by atoms with Crippen molar-refractivity contribution in [3.63, 3.8) is 0 Å². The summed E-state index contributed by atoms with van der Waals surface area (Å²) < 4.78 is 1.17. The average molecular weight is 289 g/mol. The molecule has 2 rings (SSSR count). The number of halogens is 1. The molecule has 0 aliphatic heterocycles. The highest BCUT2D eigenvalue weighted by Gasteiger charge is 2.06. The van der Waals surface area contributed by atoms with Crippen molar-refractivity contribution in [1.29, 1.82) is 0 Å². The highest BCUT2D eigenvalue weighted by Crippen LogP contribution is 2.31. The molecule has 0 unspecified atom stereocenters. The summed E-state index contributed by atoms with van der Waals surface area (Å²) >= 11 is 3.64. The molecule has 0 saturated carbocycles. The molecule has 0 aliphatic carbocycles. The van der Waals surface area contributed by atoms with Crippen molar-refractivity contribution < 1.29 is 0 Å². The number of hydrogen-bond acceptors (Lipinski definition) is 0. The molecule has 0 saturated heterocycles. The van der Waals surface area contributed by atoms with Gasteiger partial charge in [-0.25, -0.2) is 0 Å². The van der Waals surface area contributed by atoms with Crippen molar-refractivity contribution in [2.75, 3.05) is 0 Å². The van der Waals surface area contributed by atoms with Crippen LogP contribution in [0.15, 0.2) is 53.0 Å². The Morgan fingerprint density at radius 2 is 1.53 bits per heavy atom. The second-order valence-electron chi connectivity index (χ2n) is 4.24. The molecule has 0 aromatic heterocycles. The molecule has 0 spiro atoms. The molecule has 0 nitrogen and oxygen atoms in total.